The van der Waals surface area contributed by atoms with Crippen molar-refractivity contribution in [3.63, 3.8) is 0 Å². The van der Waals surface area contributed by atoms with Gasteiger partial charge in [0.25, 0.3) is 0 Å². The third-order valence-electron chi connectivity index (χ3n) is 2.70. The van der Waals surface area contributed by atoms with Crippen LogP contribution >= 0.6 is 23.4 Å². The fourth-order valence-electron chi connectivity index (χ4n) is 1.85. The molecule has 0 unspecified atom stereocenters. The molecule has 108 valence electrons. The van der Waals surface area contributed by atoms with Gasteiger partial charge in [-0.2, -0.15) is 0 Å². The van der Waals surface area contributed by atoms with Crippen LogP contribution in [-0.4, -0.2) is 12.6 Å². The van der Waals surface area contributed by atoms with Crippen LogP contribution in [0.25, 0.3) is 0 Å². The highest BCUT2D eigenvalue weighted by Crippen LogP contribution is 2.41. The molecule has 3 rings (SSSR count). The van der Waals surface area contributed by atoms with Crippen LogP contribution in [0.5, 0.6) is 5.75 Å². The van der Waals surface area contributed by atoms with Gasteiger partial charge in [0.1, 0.15) is 5.75 Å². The summed E-state index contributed by atoms with van der Waals surface area (Å²) in [5, 5.41) is 0.577. The molecule has 21 heavy (non-hydrogen) atoms. The third kappa shape index (κ3) is 3.33. The van der Waals surface area contributed by atoms with Crippen molar-refractivity contribution in [2.24, 2.45) is 4.99 Å². The van der Waals surface area contributed by atoms with E-state index in [-0.39, 0.29) is 5.75 Å². The molecule has 0 atom stereocenters. The third-order valence-corrected chi connectivity index (χ3v) is 4.09. The molecule has 0 fully saturated rings. The number of nitrogens with zero attached hydrogens (tertiary/aromatic N) is 1. The van der Waals surface area contributed by atoms with E-state index in [0.29, 0.717) is 10.7 Å². The highest BCUT2D eigenvalue weighted by Gasteiger charge is 2.31. The first-order valence-corrected chi connectivity index (χ1v) is 7.01. The smallest absolute Gasteiger partial charge is 0.406 e. The Balaban J connectivity index is 1.98. The Bertz CT molecular complexity index is 731. The van der Waals surface area contributed by atoms with Crippen molar-refractivity contribution < 1.29 is 17.9 Å². The molecule has 1 aliphatic heterocycles. The molecular formula is C14H7ClF3NOS. The second-order valence-electron chi connectivity index (χ2n) is 4.22. The predicted molar refractivity (Wildman–Crippen MR) is 76.0 cm³/mol. The molecule has 0 aromatic heterocycles. The number of halogens is 4. The standard InChI is InChI=1S/C14H7ClF3NOS/c15-9-1-3-12-8(5-9)7-19-11-6-10(20-14(16,17)18)2-4-13(11)21-12/h1-7H. The lowest BCUT2D eigenvalue weighted by atomic mass is 10.2. The topological polar surface area (TPSA) is 21.6 Å². The van der Waals surface area contributed by atoms with Crippen molar-refractivity contribution in [2.45, 2.75) is 16.2 Å². The van der Waals surface area contributed by atoms with E-state index in [4.69, 9.17) is 11.6 Å². The van der Waals surface area contributed by atoms with Crippen molar-refractivity contribution >= 4 is 35.3 Å². The average molecular weight is 330 g/mol. The maximum absolute atomic E-state index is 12.2. The first-order valence-electron chi connectivity index (χ1n) is 5.82. The highest BCUT2D eigenvalue weighted by atomic mass is 35.5. The van der Waals surface area contributed by atoms with E-state index in [2.05, 4.69) is 9.73 Å². The monoisotopic (exact) mass is 329 g/mol. The molecule has 0 saturated carbocycles. The average Bonchev–Trinajstić information content (AvgIpc) is 2.56. The predicted octanol–water partition coefficient (Wildman–Crippen LogP) is 5.45. The highest BCUT2D eigenvalue weighted by molar-refractivity contribution is 7.99. The molecule has 2 aromatic carbocycles. The molecule has 0 N–H and O–H groups in total. The minimum Gasteiger partial charge on any atom is -0.406 e. The number of hydrogen-bond donors (Lipinski definition) is 0. The Hall–Kier alpha value is -1.66. The molecule has 0 bridgehead atoms. The van der Waals surface area contributed by atoms with Crippen LogP contribution in [0.3, 0.4) is 0 Å². The number of aliphatic imine (C=N–C) groups is 1. The van der Waals surface area contributed by atoms with Crippen LogP contribution in [0, 0.1) is 0 Å². The second-order valence-corrected chi connectivity index (χ2v) is 5.74. The SMILES string of the molecule is FC(F)(F)Oc1ccc2c(c1)N=Cc1cc(Cl)ccc1S2. The molecule has 2 aromatic rings. The number of fused-ring (bicyclic) bond motifs is 2. The van der Waals surface area contributed by atoms with E-state index in [1.54, 1.807) is 24.4 Å². The molecule has 1 heterocycles. The van der Waals surface area contributed by atoms with E-state index >= 15 is 0 Å². The number of ether oxygens (including phenoxy) is 1. The van der Waals surface area contributed by atoms with Gasteiger partial charge in [0.2, 0.25) is 0 Å². The number of benzene rings is 2. The van der Waals surface area contributed by atoms with Crippen LogP contribution in [0.1, 0.15) is 5.56 Å². The summed E-state index contributed by atoms with van der Waals surface area (Å²) >= 11 is 7.34. The van der Waals surface area contributed by atoms with Crippen LogP contribution in [0.4, 0.5) is 18.9 Å². The molecular weight excluding hydrogens is 323 g/mol. The maximum atomic E-state index is 12.2. The summed E-state index contributed by atoms with van der Waals surface area (Å²) in [6, 6.07) is 9.46. The Kier molecular flexibility index (Phi) is 3.59. The lowest BCUT2D eigenvalue weighted by molar-refractivity contribution is -0.274. The van der Waals surface area contributed by atoms with Crippen molar-refractivity contribution in [1.82, 2.24) is 0 Å². The van der Waals surface area contributed by atoms with Crippen LogP contribution in [-0.2, 0) is 0 Å². The van der Waals surface area contributed by atoms with Crippen molar-refractivity contribution in [3.05, 3.63) is 47.0 Å². The van der Waals surface area contributed by atoms with E-state index in [1.165, 1.54) is 23.9 Å². The summed E-state index contributed by atoms with van der Waals surface area (Å²) in [6.45, 7) is 0. The number of alkyl halides is 3. The van der Waals surface area contributed by atoms with Gasteiger partial charge in [-0.3, -0.25) is 4.99 Å². The molecule has 0 radical (unpaired) electrons. The van der Waals surface area contributed by atoms with Crippen molar-refractivity contribution in [3.8, 4) is 5.75 Å². The summed E-state index contributed by atoms with van der Waals surface area (Å²) in [5.74, 6) is -0.289. The van der Waals surface area contributed by atoms with Gasteiger partial charge < -0.3 is 4.74 Å². The molecule has 0 spiro atoms. The molecule has 1 aliphatic rings. The van der Waals surface area contributed by atoms with Crippen LogP contribution in [0.15, 0.2) is 51.2 Å². The lowest BCUT2D eigenvalue weighted by Crippen LogP contribution is -2.16. The normalized spacial score (nSPS) is 13.3. The zero-order chi connectivity index (χ0) is 15.0. The summed E-state index contributed by atoms with van der Waals surface area (Å²) in [4.78, 5) is 5.90. The summed E-state index contributed by atoms with van der Waals surface area (Å²) < 4.78 is 40.6. The van der Waals surface area contributed by atoms with E-state index in [1.807, 2.05) is 6.07 Å². The van der Waals surface area contributed by atoms with E-state index in [9.17, 15) is 13.2 Å². The number of rotatable bonds is 1. The minimum absolute atomic E-state index is 0.289. The molecule has 0 saturated heterocycles. The van der Waals surface area contributed by atoms with Gasteiger partial charge in [-0.1, -0.05) is 23.4 Å². The van der Waals surface area contributed by atoms with Gasteiger partial charge in [0, 0.05) is 32.7 Å². The minimum atomic E-state index is -4.72. The first kappa shape index (κ1) is 14.3. The van der Waals surface area contributed by atoms with Crippen molar-refractivity contribution in [1.29, 1.82) is 0 Å². The van der Waals surface area contributed by atoms with Crippen LogP contribution in [0.2, 0.25) is 5.02 Å². The zero-order valence-corrected chi connectivity index (χ0v) is 11.9. The summed E-state index contributed by atoms with van der Waals surface area (Å²) in [6.07, 6.45) is -3.14. The summed E-state index contributed by atoms with van der Waals surface area (Å²) in [7, 11) is 0. The van der Waals surface area contributed by atoms with Gasteiger partial charge in [-0.25, -0.2) is 0 Å². The maximum Gasteiger partial charge on any atom is 0.573 e. The lowest BCUT2D eigenvalue weighted by Gasteiger charge is -2.10. The molecule has 0 amide bonds. The zero-order valence-electron chi connectivity index (χ0n) is 10.3. The molecule has 2 nitrogen and oxygen atoms in total. The number of hydrogen-bond acceptors (Lipinski definition) is 3. The Morgan fingerprint density at radius 2 is 1.81 bits per heavy atom. The fourth-order valence-corrected chi connectivity index (χ4v) is 2.99. The molecule has 0 aliphatic carbocycles. The van der Waals surface area contributed by atoms with Gasteiger partial charge in [0.15, 0.2) is 0 Å². The second kappa shape index (κ2) is 5.27. The van der Waals surface area contributed by atoms with E-state index < -0.39 is 6.36 Å². The Labute approximate surface area is 127 Å². The van der Waals surface area contributed by atoms with Crippen LogP contribution < -0.4 is 4.74 Å². The Morgan fingerprint density at radius 3 is 2.57 bits per heavy atom. The van der Waals surface area contributed by atoms with Crippen molar-refractivity contribution in [2.75, 3.05) is 0 Å². The van der Waals surface area contributed by atoms with Gasteiger partial charge in [-0.15, -0.1) is 13.2 Å². The van der Waals surface area contributed by atoms with E-state index in [0.717, 1.165) is 15.4 Å². The Morgan fingerprint density at radius 1 is 1.05 bits per heavy atom. The first-order chi connectivity index (χ1) is 9.90. The largest absolute Gasteiger partial charge is 0.573 e. The van der Waals surface area contributed by atoms with Gasteiger partial charge in [-0.05, 0) is 30.3 Å². The molecule has 7 heteroatoms. The summed E-state index contributed by atoms with van der Waals surface area (Å²) in [5.41, 5.74) is 1.25. The quantitative estimate of drug-likeness (QED) is 0.591. The fraction of sp³-hybridized carbons (Fsp3) is 0.0714. The van der Waals surface area contributed by atoms with Gasteiger partial charge in [0.05, 0.1) is 5.69 Å². The van der Waals surface area contributed by atoms with Gasteiger partial charge >= 0.3 is 6.36 Å².